The highest BCUT2D eigenvalue weighted by molar-refractivity contribution is 5.92. The fourth-order valence-electron chi connectivity index (χ4n) is 2.72. The van der Waals surface area contributed by atoms with Crippen molar-refractivity contribution in [3.8, 4) is 11.5 Å². The first kappa shape index (κ1) is 11.4. The summed E-state index contributed by atoms with van der Waals surface area (Å²) in [6.07, 6.45) is 6.49. The monoisotopic (exact) mass is 242 g/mol. The van der Waals surface area contributed by atoms with Crippen LogP contribution >= 0.6 is 0 Å². The second kappa shape index (κ2) is 4.89. The van der Waals surface area contributed by atoms with E-state index in [-0.39, 0.29) is 0 Å². The Hall–Kier alpha value is -1.70. The molecule has 18 heavy (non-hydrogen) atoms. The van der Waals surface area contributed by atoms with E-state index in [0.717, 1.165) is 29.4 Å². The molecule has 0 aromatic heterocycles. The van der Waals surface area contributed by atoms with Crippen molar-refractivity contribution in [2.45, 2.75) is 38.2 Å². The lowest BCUT2D eigenvalue weighted by Crippen LogP contribution is -2.19. The molecule has 1 saturated carbocycles. The van der Waals surface area contributed by atoms with Crippen LogP contribution in [-0.2, 0) is 0 Å². The Labute approximate surface area is 107 Å². The predicted octanol–water partition coefficient (Wildman–Crippen LogP) is 4.26. The standard InChI is InChI=1S/C16H18O2/c17-15-10-11-16(14-9-5-4-8-13(14)15)18-12-6-2-1-3-7-12/h4-5,8-12,17H,1-3,6-7H2. The molecule has 2 nitrogen and oxygen atoms in total. The van der Waals surface area contributed by atoms with Gasteiger partial charge in [0.05, 0.1) is 6.10 Å². The summed E-state index contributed by atoms with van der Waals surface area (Å²) in [6, 6.07) is 11.5. The maximum absolute atomic E-state index is 9.85. The van der Waals surface area contributed by atoms with Crippen LogP contribution in [0.3, 0.4) is 0 Å². The molecule has 0 atom stereocenters. The van der Waals surface area contributed by atoms with E-state index in [2.05, 4.69) is 0 Å². The number of hydrogen-bond donors (Lipinski definition) is 1. The number of rotatable bonds is 2. The number of aromatic hydroxyl groups is 1. The predicted molar refractivity (Wildman–Crippen MR) is 73.1 cm³/mol. The normalized spacial score (nSPS) is 16.9. The van der Waals surface area contributed by atoms with E-state index < -0.39 is 0 Å². The maximum Gasteiger partial charge on any atom is 0.127 e. The fraction of sp³-hybridized carbons (Fsp3) is 0.375. The summed E-state index contributed by atoms with van der Waals surface area (Å²) in [6.45, 7) is 0. The van der Waals surface area contributed by atoms with Crippen LogP contribution in [0.5, 0.6) is 11.5 Å². The third-order valence-corrected chi connectivity index (χ3v) is 3.71. The summed E-state index contributed by atoms with van der Waals surface area (Å²) < 4.78 is 6.11. The maximum atomic E-state index is 9.85. The first-order valence-corrected chi connectivity index (χ1v) is 6.72. The Morgan fingerprint density at radius 3 is 2.39 bits per heavy atom. The van der Waals surface area contributed by atoms with E-state index in [1.165, 1.54) is 19.3 Å². The quantitative estimate of drug-likeness (QED) is 0.852. The highest BCUT2D eigenvalue weighted by atomic mass is 16.5. The molecule has 0 bridgehead atoms. The average Bonchev–Trinajstić information content (AvgIpc) is 2.44. The van der Waals surface area contributed by atoms with Gasteiger partial charge in [0.25, 0.3) is 0 Å². The number of benzene rings is 2. The SMILES string of the molecule is Oc1ccc(OC2CCCCC2)c2ccccc12. The number of ether oxygens (including phenoxy) is 1. The van der Waals surface area contributed by atoms with Crippen LogP contribution in [0, 0.1) is 0 Å². The largest absolute Gasteiger partial charge is 0.507 e. The van der Waals surface area contributed by atoms with Crippen LogP contribution < -0.4 is 4.74 Å². The molecule has 0 aliphatic heterocycles. The second-order valence-corrected chi connectivity index (χ2v) is 5.01. The Morgan fingerprint density at radius 2 is 1.61 bits per heavy atom. The van der Waals surface area contributed by atoms with E-state index in [1.807, 2.05) is 30.3 Å². The molecule has 1 aliphatic rings. The van der Waals surface area contributed by atoms with E-state index in [4.69, 9.17) is 4.74 Å². The average molecular weight is 242 g/mol. The third kappa shape index (κ3) is 2.15. The lowest BCUT2D eigenvalue weighted by atomic mass is 9.97. The molecular weight excluding hydrogens is 224 g/mol. The Balaban J connectivity index is 1.94. The summed E-state index contributed by atoms with van der Waals surface area (Å²) in [4.78, 5) is 0. The fourth-order valence-corrected chi connectivity index (χ4v) is 2.72. The van der Waals surface area contributed by atoms with Gasteiger partial charge in [0, 0.05) is 10.8 Å². The van der Waals surface area contributed by atoms with Gasteiger partial charge in [-0.25, -0.2) is 0 Å². The minimum absolute atomic E-state index is 0.321. The van der Waals surface area contributed by atoms with Crippen molar-refractivity contribution in [3.63, 3.8) is 0 Å². The van der Waals surface area contributed by atoms with Crippen LogP contribution in [0.2, 0.25) is 0 Å². The molecule has 3 rings (SSSR count). The molecular formula is C16H18O2. The molecule has 2 aromatic carbocycles. The Kier molecular flexibility index (Phi) is 3.09. The van der Waals surface area contributed by atoms with Gasteiger partial charge in [0.2, 0.25) is 0 Å². The van der Waals surface area contributed by atoms with Crippen LogP contribution in [0.25, 0.3) is 10.8 Å². The molecule has 0 saturated heterocycles. The van der Waals surface area contributed by atoms with Crippen molar-refractivity contribution in [3.05, 3.63) is 36.4 Å². The van der Waals surface area contributed by atoms with Gasteiger partial charge < -0.3 is 9.84 Å². The van der Waals surface area contributed by atoms with Crippen LogP contribution in [0.15, 0.2) is 36.4 Å². The highest BCUT2D eigenvalue weighted by Gasteiger charge is 2.16. The van der Waals surface area contributed by atoms with Crippen molar-refractivity contribution < 1.29 is 9.84 Å². The zero-order chi connectivity index (χ0) is 12.4. The molecule has 0 radical (unpaired) electrons. The second-order valence-electron chi connectivity index (χ2n) is 5.01. The minimum atomic E-state index is 0.321. The summed E-state index contributed by atoms with van der Waals surface area (Å²) in [7, 11) is 0. The van der Waals surface area contributed by atoms with E-state index in [0.29, 0.717) is 11.9 Å². The summed E-state index contributed by atoms with van der Waals surface area (Å²) in [5.41, 5.74) is 0. The lowest BCUT2D eigenvalue weighted by molar-refractivity contribution is 0.157. The zero-order valence-electron chi connectivity index (χ0n) is 10.4. The topological polar surface area (TPSA) is 29.5 Å². The van der Waals surface area contributed by atoms with Gasteiger partial charge >= 0.3 is 0 Å². The van der Waals surface area contributed by atoms with Crippen LogP contribution in [0.1, 0.15) is 32.1 Å². The molecule has 2 heteroatoms. The smallest absolute Gasteiger partial charge is 0.127 e. The van der Waals surface area contributed by atoms with Gasteiger partial charge in [-0.05, 0) is 37.8 Å². The minimum Gasteiger partial charge on any atom is -0.507 e. The van der Waals surface area contributed by atoms with Gasteiger partial charge in [-0.15, -0.1) is 0 Å². The molecule has 1 aliphatic carbocycles. The van der Waals surface area contributed by atoms with Crippen LogP contribution in [-0.4, -0.2) is 11.2 Å². The molecule has 94 valence electrons. The van der Waals surface area contributed by atoms with Crippen molar-refractivity contribution >= 4 is 10.8 Å². The molecule has 0 spiro atoms. The summed E-state index contributed by atoms with van der Waals surface area (Å²) in [5.74, 6) is 1.22. The molecule has 1 fully saturated rings. The first-order valence-electron chi connectivity index (χ1n) is 6.72. The van der Waals surface area contributed by atoms with Gasteiger partial charge in [-0.1, -0.05) is 30.7 Å². The number of phenolic OH excluding ortho intramolecular Hbond substituents is 1. The molecule has 2 aromatic rings. The molecule has 0 amide bonds. The van der Waals surface area contributed by atoms with Crippen LogP contribution in [0.4, 0.5) is 0 Å². The molecule has 0 heterocycles. The van der Waals surface area contributed by atoms with Crippen molar-refractivity contribution in [2.75, 3.05) is 0 Å². The van der Waals surface area contributed by atoms with Gasteiger partial charge in [0.1, 0.15) is 11.5 Å². The van der Waals surface area contributed by atoms with E-state index in [9.17, 15) is 5.11 Å². The number of fused-ring (bicyclic) bond motifs is 1. The van der Waals surface area contributed by atoms with Gasteiger partial charge in [0.15, 0.2) is 0 Å². The summed E-state index contributed by atoms with van der Waals surface area (Å²) in [5, 5.41) is 11.7. The number of phenols is 1. The highest BCUT2D eigenvalue weighted by Crippen LogP contribution is 2.34. The Bertz CT molecular complexity index is 542. The lowest BCUT2D eigenvalue weighted by Gasteiger charge is -2.23. The summed E-state index contributed by atoms with van der Waals surface area (Å²) >= 11 is 0. The van der Waals surface area contributed by atoms with Crippen molar-refractivity contribution in [2.24, 2.45) is 0 Å². The zero-order valence-corrected chi connectivity index (χ0v) is 10.4. The third-order valence-electron chi connectivity index (χ3n) is 3.71. The van der Waals surface area contributed by atoms with Gasteiger partial charge in [-0.3, -0.25) is 0 Å². The van der Waals surface area contributed by atoms with Crippen molar-refractivity contribution in [1.82, 2.24) is 0 Å². The van der Waals surface area contributed by atoms with Gasteiger partial charge in [-0.2, -0.15) is 0 Å². The van der Waals surface area contributed by atoms with Crippen molar-refractivity contribution in [1.29, 1.82) is 0 Å². The molecule has 1 N–H and O–H groups in total. The molecule has 0 unspecified atom stereocenters. The number of hydrogen-bond acceptors (Lipinski definition) is 2. The Morgan fingerprint density at radius 1 is 0.889 bits per heavy atom. The van der Waals surface area contributed by atoms with E-state index in [1.54, 1.807) is 6.07 Å². The van der Waals surface area contributed by atoms with E-state index >= 15 is 0 Å². The first-order chi connectivity index (χ1) is 8.84.